The molecule has 0 saturated carbocycles. The Kier molecular flexibility index (Phi) is 4.28. The molecule has 12 nitrogen and oxygen atoms in total. The van der Waals surface area contributed by atoms with E-state index in [4.69, 9.17) is 15.2 Å². The Hall–Kier alpha value is -2.25. The van der Waals surface area contributed by atoms with Gasteiger partial charge in [-0.3, -0.25) is 14.3 Å². The number of morpholine rings is 1. The second-order valence-corrected chi connectivity index (χ2v) is 6.23. The van der Waals surface area contributed by atoms with Crippen LogP contribution in [0.3, 0.4) is 0 Å². The number of imidazole rings is 1. The minimum atomic E-state index is -1.34. The van der Waals surface area contributed by atoms with E-state index in [0.717, 1.165) is 0 Å². The largest absolute Gasteiger partial charge is 0.394 e. The number of nitrogens with zero attached hydrogens (tertiary/aromatic N) is 4. The number of hydrogen-bond donors (Lipinski definition) is 5. The van der Waals surface area contributed by atoms with E-state index in [2.05, 4.69) is 15.0 Å². The maximum atomic E-state index is 12.2. The Balaban J connectivity index is 1.89. The third kappa shape index (κ3) is 2.62. The van der Waals surface area contributed by atoms with Crippen molar-refractivity contribution in [3.8, 4) is 0 Å². The third-order valence-corrected chi connectivity index (χ3v) is 4.62. The van der Waals surface area contributed by atoms with Crippen LogP contribution in [-0.4, -0.2) is 86.1 Å². The maximum absolute atomic E-state index is 12.2. The molecule has 0 spiro atoms. The lowest BCUT2D eigenvalue weighted by Crippen LogP contribution is -2.39. The van der Waals surface area contributed by atoms with Crippen molar-refractivity contribution in [1.82, 2.24) is 19.5 Å². The monoisotopic (exact) mass is 368 g/mol. The van der Waals surface area contributed by atoms with Gasteiger partial charge in [-0.25, -0.2) is 4.98 Å². The van der Waals surface area contributed by atoms with Gasteiger partial charge < -0.3 is 35.4 Å². The summed E-state index contributed by atoms with van der Waals surface area (Å²) < 4.78 is 12.4. The topological polar surface area (TPSA) is 172 Å². The average molecular weight is 368 g/mol. The van der Waals surface area contributed by atoms with Crippen molar-refractivity contribution in [3.05, 3.63) is 10.4 Å². The van der Waals surface area contributed by atoms with Crippen LogP contribution in [-0.2, 0) is 9.47 Å². The van der Waals surface area contributed by atoms with Gasteiger partial charge in [0.05, 0.1) is 19.8 Å². The van der Waals surface area contributed by atoms with E-state index in [0.29, 0.717) is 32.3 Å². The number of aromatic nitrogens is 4. The molecule has 4 rings (SSSR count). The molecule has 0 aromatic carbocycles. The van der Waals surface area contributed by atoms with Gasteiger partial charge >= 0.3 is 0 Å². The number of fused-ring (bicyclic) bond motifs is 1. The van der Waals surface area contributed by atoms with E-state index in [9.17, 15) is 20.1 Å². The molecular weight excluding hydrogens is 348 g/mol. The van der Waals surface area contributed by atoms with Crippen molar-refractivity contribution in [3.63, 3.8) is 0 Å². The highest BCUT2D eigenvalue weighted by Gasteiger charge is 2.45. The molecule has 0 bridgehead atoms. The molecule has 4 atom stereocenters. The summed E-state index contributed by atoms with van der Waals surface area (Å²) in [6.45, 7) is 1.53. The van der Waals surface area contributed by atoms with E-state index in [1.165, 1.54) is 4.57 Å². The standard InChI is InChI=1S/C14H20N6O6/c15-13-17-10-7(11(24)18-13)16-14(19-1-3-25-4-2-19)20(10)12-9(23)8(22)6(5-21)26-12/h6,8-9,12,21-23H,1-5H2,(H3,15,17,18,24)/t6-,8+,9-,12-/m1/s1. The van der Waals surface area contributed by atoms with Crippen molar-refractivity contribution >= 4 is 23.1 Å². The lowest BCUT2D eigenvalue weighted by Gasteiger charge is -2.30. The van der Waals surface area contributed by atoms with Gasteiger partial charge in [0.1, 0.15) is 18.3 Å². The van der Waals surface area contributed by atoms with Gasteiger partial charge in [0, 0.05) is 13.1 Å². The Labute approximate surface area is 146 Å². The number of aromatic amines is 1. The van der Waals surface area contributed by atoms with Gasteiger partial charge in [-0.15, -0.1) is 0 Å². The van der Waals surface area contributed by atoms with Crippen molar-refractivity contribution in [1.29, 1.82) is 0 Å². The smallest absolute Gasteiger partial charge is 0.280 e. The molecule has 2 aliphatic rings. The second-order valence-electron chi connectivity index (χ2n) is 6.23. The summed E-state index contributed by atoms with van der Waals surface area (Å²) in [5.41, 5.74) is 5.31. The van der Waals surface area contributed by atoms with Crippen LogP contribution >= 0.6 is 0 Å². The van der Waals surface area contributed by atoms with E-state index >= 15 is 0 Å². The minimum absolute atomic E-state index is 0.0402. The van der Waals surface area contributed by atoms with Crippen LogP contribution in [0.1, 0.15) is 6.23 Å². The highest BCUT2D eigenvalue weighted by atomic mass is 16.6. The van der Waals surface area contributed by atoms with Gasteiger partial charge in [-0.1, -0.05) is 0 Å². The molecule has 0 radical (unpaired) electrons. The Bertz CT molecular complexity index is 861. The molecule has 2 saturated heterocycles. The Morgan fingerprint density at radius 2 is 1.96 bits per heavy atom. The van der Waals surface area contributed by atoms with Crippen LogP contribution in [0.5, 0.6) is 0 Å². The number of nitrogens with two attached hydrogens (primary N) is 1. The highest BCUT2D eigenvalue weighted by molar-refractivity contribution is 5.75. The van der Waals surface area contributed by atoms with E-state index in [1.54, 1.807) is 0 Å². The third-order valence-electron chi connectivity index (χ3n) is 4.62. The first-order chi connectivity index (χ1) is 12.5. The average Bonchev–Trinajstić information content (AvgIpc) is 3.14. The Morgan fingerprint density at radius 3 is 2.62 bits per heavy atom. The molecule has 0 unspecified atom stereocenters. The van der Waals surface area contributed by atoms with Crippen LogP contribution < -0.4 is 16.2 Å². The van der Waals surface area contributed by atoms with Crippen molar-refractivity contribution in [2.24, 2.45) is 0 Å². The fourth-order valence-electron chi connectivity index (χ4n) is 3.30. The minimum Gasteiger partial charge on any atom is -0.394 e. The van der Waals surface area contributed by atoms with Gasteiger partial charge in [0.2, 0.25) is 11.9 Å². The van der Waals surface area contributed by atoms with Gasteiger partial charge in [0.15, 0.2) is 17.4 Å². The molecule has 2 fully saturated rings. The molecule has 0 amide bonds. The first-order valence-corrected chi connectivity index (χ1v) is 8.24. The van der Waals surface area contributed by atoms with Gasteiger partial charge in [0.25, 0.3) is 5.56 Å². The molecule has 2 aromatic rings. The fourth-order valence-corrected chi connectivity index (χ4v) is 3.30. The number of anilines is 2. The molecule has 12 heteroatoms. The van der Waals surface area contributed by atoms with Crippen LogP contribution in [0.4, 0.5) is 11.9 Å². The van der Waals surface area contributed by atoms with Crippen LogP contribution in [0.15, 0.2) is 4.79 Å². The zero-order valence-corrected chi connectivity index (χ0v) is 13.8. The first kappa shape index (κ1) is 17.2. The zero-order valence-electron chi connectivity index (χ0n) is 13.8. The summed E-state index contributed by atoms with van der Waals surface area (Å²) in [6.07, 6.45) is -4.69. The van der Waals surface area contributed by atoms with Gasteiger partial charge in [-0.05, 0) is 0 Å². The van der Waals surface area contributed by atoms with Crippen LogP contribution in [0, 0.1) is 0 Å². The predicted molar refractivity (Wildman–Crippen MR) is 88.6 cm³/mol. The van der Waals surface area contributed by atoms with E-state index < -0.39 is 36.7 Å². The number of rotatable bonds is 3. The quantitative estimate of drug-likeness (QED) is 0.379. The number of ether oxygens (including phenoxy) is 2. The molecule has 2 aliphatic heterocycles. The fraction of sp³-hybridized carbons (Fsp3) is 0.643. The summed E-state index contributed by atoms with van der Waals surface area (Å²) in [7, 11) is 0. The number of hydrogen-bond acceptors (Lipinski definition) is 10. The second kappa shape index (κ2) is 6.48. The summed E-state index contributed by atoms with van der Waals surface area (Å²) in [6, 6.07) is 0. The lowest BCUT2D eigenvalue weighted by molar-refractivity contribution is -0.0506. The number of nitrogen functional groups attached to an aromatic ring is 1. The van der Waals surface area contributed by atoms with E-state index in [1.807, 2.05) is 4.90 Å². The zero-order chi connectivity index (χ0) is 18.4. The molecule has 0 aliphatic carbocycles. The normalized spacial score (nSPS) is 29.6. The molecule has 2 aromatic heterocycles. The summed E-state index contributed by atoms with van der Waals surface area (Å²) in [5.74, 6) is 0.241. The number of aliphatic hydroxyl groups excluding tert-OH is 3. The molecule has 6 N–H and O–H groups in total. The summed E-state index contributed by atoms with van der Waals surface area (Å²) >= 11 is 0. The molecule has 142 valence electrons. The van der Waals surface area contributed by atoms with Crippen LogP contribution in [0.25, 0.3) is 11.2 Å². The van der Waals surface area contributed by atoms with Crippen molar-refractivity contribution in [2.75, 3.05) is 43.5 Å². The number of nitrogens with one attached hydrogen (secondary N) is 1. The molecular formula is C14H20N6O6. The van der Waals surface area contributed by atoms with Crippen molar-refractivity contribution < 1.29 is 24.8 Å². The van der Waals surface area contributed by atoms with Crippen molar-refractivity contribution in [2.45, 2.75) is 24.5 Å². The van der Waals surface area contributed by atoms with Crippen LogP contribution in [0.2, 0.25) is 0 Å². The lowest BCUT2D eigenvalue weighted by atomic mass is 10.1. The SMILES string of the molecule is Nc1nc2c(nc(N3CCOCC3)n2[C@@H]2O[C@H](CO)[C@H](O)[C@H]2O)c(=O)[nH]1. The first-order valence-electron chi connectivity index (χ1n) is 8.24. The number of H-pyrrole nitrogens is 1. The molecule has 4 heterocycles. The van der Waals surface area contributed by atoms with Gasteiger partial charge in [-0.2, -0.15) is 4.98 Å². The summed E-state index contributed by atoms with van der Waals surface area (Å²) in [5, 5.41) is 29.9. The predicted octanol–water partition coefficient (Wildman–Crippen LogP) is -2.85. The highest BCUT2D eigenvalue weighted by Crippen LogP contribution is 2.35. The molecule has 26 heavy (non-hydrogen) atoms. The summed E-state index contributed by atoms with van der Waals surface area (Å²) in [4.78, 5) is 25.0. The number of aliphatic hydroxyl groups is 3. The maximum Gasteiger partial charge on any atom is 0.280 e. The van der Waals surface area contributed by atoms with E-state index in [-0.39, 0.29) is 17.1 Å². The Morgan fingerprint density at radius 1 is 1.23 bits per heavy atom.